The Balaban J connectivity index is 0.974. The van der Waals surface area contributed by atoms with Gasteiger partial charge in [-0.2, -0.15) is 0 Å². The van der Waals surface area contributed by atoms with E-state index >= 15 is 0 Å². The largest absolute Gasteiger partial charge is 0.265 e. The average molecular weight is 921 g/mol. The van der Waals surface area contributed by atoms with Crippen LogP contribution in [0.1, 0.15) is 0 Å². The molecule has 0 atom stereocenters. The molecule has 0 aliphatic rings. The van der Waals surface area contributed by atoms with E-state index in [1.54, 1.807) is 37.2 Å². The molecule has 0 aliphatic heterocycles. The summed E-state index contributed by atoms with van der Waals surface area (Å²) in [5.74, 6) is 3.38. The van der Waals surface area contributed by atoms with E-state index in [4.69, 9.17) is 29.9 Å². The van der Waals surface area contributed by atoms with Crippen molar-refractivity contribution in [1.29, 1.82) is 0 Å². The Labute approximate surface area is 411 Å². The van der Waals surface area contributed by atoms with Crippen molar-refractivity contribution in [1.82, 2.24) is 49.8 Å². The first kappa shape index (κ1) is 41.0. The highest BCUT2D eigenvalue weighted by atomic mass is 15.0. The van der Waals surface area contributed by atoms with Crippen molar-refractivity contribution in [3.05, 3.63) is 219 Å². The lowest BCUT2D eigenvalue weighted by atomic mass is 9.89. The normalized spacial score (nSPS) is 11.6. The molecule has 334 valence electrons. The van der Waals surface area contributed by atoms with Crippen LogP contribution in [0, 0.1) is 0 Å². The summed E-state index contributed by atoms with van der Waals surface area (Å²) < 4.78 is 0. The number of fused-ring (bicyclic) bond motifs is 2. The van der Waals surface area contributed by atoms with Crippen molar-refractivity contribution in [2.75, 3.05) is 0 Å². The predicted octanol–water partition coefficient (Wildman–Crippen LogP) is 14.2. The highest BCUT2D eigenvalue weighted by Crippen LogP contribution is 2.43. The highest BCUT2D eigenvalue weighted by Gasteiger charge is 2.22. The summed E-state index contributed by atoms with van der Waals surface area (Å²) in [7, 11) is 0. The molecule has 0 aliphatic carbocycles. The summed E-state index contributed by atoms with van der Waals surface area (Å²) in [6.45, 7) is 0. The second-order valence-corrected chi connectivity index (χ2v) is 17.6. The van der Waals surface area contributed by atoms with E-state index in [-0.39, 0.29) is 0 Å². The fourth-order valence-electron chi connectivity index (χ4n) is 10.0. The Morgan fingerprint density at radius 1 is 0.236 bits per heavy atom. The number of nitrogens with zero attached hydrogens (tertiary/aromatic N) is 10. The van der Waals surface area contributed by atoms with Crippen LogP contribution in [0.2, 0.25) is 0 Å². The van der Waals surface area contributed by atoms with Crippen molar-refractivity contribution in [2.24, 2.45) is 0 Å². The van der Waals surface area contributed by atoms with E-state index in [2.05, 4.69) is 129 Å². The summed E-state index contributed by atoms with van der Waals surface area (Å²) in [5, 5.41) is 8.33. The third kappa shape index (κ3) is 7.04. The Bertz CT molecular complexity index is 4200. The number of benzene rings is 8. The van der Waals surface area contributed by atoms with Crippen LogP contribution in [0.15, 0.2) is 219 Å². The van der Waals surface area contributed by atoms with E-state index in [1.165, 1.54) is 0 Å². The van der Waals surface area contributed by atoms with Gasteiger partial charge in [-0.05, 0) is 127 Å². The molecule has 6 heterocycles. The van der Waals surface area contributed by atoms with E-state index in [1.807, 2.05) is 72.8 Å². The molecule has 0 amide bonds. The molecule has 0 saturated carbocycles. The Kier molecular flexibility index (Phi) is 9.59. The summed E-state index contributed by atoms with van der Waals surface area (Å²) in [6, 6.07) is 62.2. The minimum Gasteiger partial charge on any atom is -0.265 e. The Morgan fingerprint density at radius 2 is 0.611 bits per heavy atom. The zero-order valence-electron chi connectivity index (χ0n) is 38.3. The zero-order valence-corrected chi connectivity index (χ0v) is 38.3. The van der Waals surface area contributed by atoms with Gasteiger partial charge in [-0.25, -0.2) is 29.9 Å². The van der Waals surface area contributed by atoms with Crippen molar-refractivity contribution in [3.63, 3.8) is 0 Å². The lowest BCUT2D eigenvalue weighted by Crippen LogP contribution is -2.02. The minimum atomic E-state index is 0.557. The molecule has 14 rings (SSSR count). The zero-order chi connectivity index (χ0) is 47.5. The second-order valence-electron chi connectivity index (χ2n) is 17.6. The summed E-state index contributed by atoms with van der Waals surface area (Å²) >= 11 is 0. The van der Waals surface area contributed by atoms with Crippen LogP contribution in [0.25, 0.3) is 145 Å². The first-order valence-electron chi connectivity index (χ1n) is 23.6. The van der Waals surface area contributed by atoms with Gasteiger partial charge in [0.2, 0.25) is 0 Å². The third-order valence-electron chi connectivity index (χ3n) is 13.5. The van der Waals surface area contributed by atoms with Crippen molar-refractivity contribution >= 4 is 54.1 Å². The molecule has 6 aromatic heterocycles. The predicted molar refractivity (Wildman–Crippen MR) is 287 cm³/mol. The van der Waals surface area contributed by atoms with Crippen LogP contribution in [0.4, 0.5) is 0 Å². The lowest BCUT2D eigenvalue weighted by Gasteiger charge is -2.17. The molecule has 0 radical (unpaired) electrons. The number of pyridine rings is 4. The van der Waals surface area contributed by atoms with Crippen molar-refractivity contribution in [2.45, 2.75) is 0 Å². The topological polar surface area (TPSA) is 129 Å². The van der Waals surface area contributed by atoms with Gasteiger partial charge in [0.05, 0.1) is 11.0 Å². The number of hydrogen-bond acceptors (Lipinski definition) is 10. The Hall–Kier alpha value is -10.1. The molecule has 10 heteroatoms. The molecule has 0 saturated heterocycles. The smallest absolute Gasteiger partial charge is 0.164 e. The van der Waals surface area contributed by atoms with E-state index in [0.717, 1.165) is 110 Å². The van der Waals surface area contributed by atoms with Gasteiger partial charge in [0.25, 0.3) is 0 Å². The van der Waals surface area contributed by atoms with Gasteiger partial charge in [0, 0.05) is 81.3 Å². The molecule has 0 unspecified atom stereocenters. The summed E-state index contributed by atoms with van der Waals surface area (Å²) in [4.78, 5) is 49.4. The van der Waals surface area contributed by atoms with Crippen LogP contribution < -0.4 is 0 Å². The first-order valence-corrected chi connectivity index (χ1v) is 23.6. The van der Waals surface area contributed by atoms with E-state index in [0.29, 0.717) is 34.9 Å². The minimum absolute atomic E-state index is 0.557. The molecule has 72 heavy (non-hydrogen) atoms. The second kappa shape index (κ2) is 16.9. The molecule has 10 nitrogen and oxygen atoms in total. The van der Waals surface area contributed by atoms with Gasteiger partial charge in [-0.3, -0.25) is 19.9 Å². The molecule has 0 bridgehead atoms. The highest BCUT2D eigenvalue weighted by molar-refractivity contribution is 6.27. The summed E-state index contributed by atoms with van der Waals surface area (Å²) in [6.07, 6.45) is 10.8. The molecule has 0 spiro atoms. The molecule has 0 N–H and O–H groups in total. The first-order chi connectivity index (χ1) is 35.7. The average Bonchev–Trinajstić information content (AvgIpc) is 3.46. The van der Waals surface area contributed by atoms with Crippen molar-refractivity contribution < 1.29 is 0 Å². The standard InChI is InChI=1S/C62H36N10/c1-7-41(37-25-31-63-32-26-37)35-43(9-1)57-67-58(44-10-2-8-42(36-44)38-27-33-64-34-28-38)69-61(68-57)51-23-19-39-18-22-48-52(24-20-40-17-21-47(51)55(39)56(40)48)62-71-59(49-11-3-15-53-45(49)13-5-29-65-53)70-60(72-62)50-12-4-16-54-46(50)14-6-30-66-54/h1-36H. The monoisotopic (exact) mass is 920 g/mol. The van der Waals surface area contributed by atoms with Crippen LogP contribution in [0.5, 0.6) is 0 Å². The van der Waals surface area contributed by atoms with Crippen LogP contribution in [-0.4, -0.2) is 49.8 Å². The van der Waals surface area contributed by atoms with Crippen molar-refractivity contribution in [3.8, 4) is 90.6 Å². The van der Waals surface area contributed by atoms with Crippen LogP contribution in [0.3, 0.4) is 0 Å². The summed E-state index contributed by atoms with van der Waals surface area (Å²) in [5.41, 5.74) is 11.2. The maximum Gasteiger partial charge on any atom is 0.164 e. The van der Waals surface area contributed by atoms with Gasteiger partial charge < -0.3 is 0 Å². The molecular formula is C62H36N10. The van der Waals surface area contributed by atoms with E-state index in [9.17, 15) is 0 Å². The maximum absolute atomic E-state index is 5.31. The maximum atomic E-state index is 5.31. The van der Waals surface area contributed by atoms with Crippen LogP contribution >= 0.6 is 0 Å². The fraction of sp³-hybridized carbons (Fsp3) is 0. The SMILES string of the molecule is c1cc(-c2ccncc2)cc(-c2nc(-c3cccc(-c4ccncc4)c3)nc(-c3ccc4ccc5c(-c6nc(-c7cccc8ncccc78)nc(-c7cccc8ncccc78)n6)ccc6ccc3c4c65)n2)c1. The van der Waals surface area contributed by atoms with E-state index < -0.39 is 0 Å². The van der Waals surface area contributed by atoms with Gasteiger partial charge in [0.1, 0.15) is 0 Å². The number of rotatable bonds is 8. The van der Waals surface area contributed by atoms with Gasteiger partial charge in [-0.15, -0.1) is 0 Å². The molecule has 14 aromatic rings. The lowest BCUT2D eigenvalue weighted by molar-refractivity contribution is 1.08. The fourth-order valence-corrected chi connectivity index (χ4v) is 10.0. The molecule has 8 aromatic carbocycles. The quantitative estimate of drug-likeness (QED) is 0.136. The van der Waals surface area contributed by atoms with Crippen LogP contribution in [-0.2, 0) is 0 Å². The molecular weight excluding hydrogens is 885 g/mol. The van der Waals surface area contributed by atoms with Gasteiger partial charge >= 0.3 is 0 Å². The number of hydrogen-bond donors (Lipinski definition) is 0. The third-order valence-corrected chi connectivity index (χ3v) is 13.5. The van der Waals surface area contributed by atoms with Gasteiger partial charge in [0.15, 0.2) is 34.9 Å². The molecule has 0 fully saturated rings. The van der Waals surface area contributed by atoms with Gasteiger partial charge in [-0.1, -0.05) is 109 Å². The Morgan fingerprint density at radius 3 is 1.07 bits per heavy atom. The number of aromatic nitrogens is 10.